The number of halogens is 1. The third kappa shape index (κ3) is 5.10. The van der Waals surface area contributed by atoms with Crippen molar-refractivity contribution in [2.75, 3.05) is 6.61 Å². The Morgan fingerprint density at radius 1 is 1.45 bits per heavy atom. The molecule has 1 amide bonds. The van der Waals surface area contributed by atoms with E-state index in [2.05, 4.69) is 10.5 Å². The summed E-state index contributed by atoms with van der Waals surface area (Å²) in [6.07, 6.45) is 6.41. The monoisotopic (exact) mass is 318 g/mol. The minimum atomic E-state index is -0.352. The number of carbonyl (C=O) groups excluding carboxylic acids is 1. The minimum absolute atomic E-state index is 0.125. The molecule has 0 atom stereocenters. The van der Waals surface area contributed by atoms with Gasteiger partial charge in [0.05, 0.1) is 6.26 Å². The average molecular weight is 319 g/mol. The van der Waals surface area contributed by atoms with E-state index in [0.29, 0.717) is 16.5 Å². The lowest BCUT2D eigenvalue weighted by Gasteiger charge is -2.06. The molecule has 114 valence electrons. The third-order valence-electron chi connectivity index (χ3n) is 2.65. The molecule has 0 aliphatic rings. The standard InChI is InChI=1S/C16H15ClN2O3/c1-12-10-14(6-7-15(12)17)22-11-16(20)19-18-8-2-4-13-5-3-9-21-13/h2-10H,11H2,1H3,(H,19,20)/b4-2+,18-8+. The third-order valence-corrected chi connectivity index (χ3v) is 3.08. The first kappa shape index (κ1) is 15.9. The molecule has 0 saturated heterocycles. The van der Waals surface area contributed by atoms with Gasteiger partial charge < -0.3 is 9.15 Å². The largest absolute Gasteiger partial charge is 0.484 e. The van der Waals surface area contributed by atoms with Gasteiger partial charge in [-0.3, -0.25) is 4.79 Å². The lowest BCUT2D eigenvalue weighted by atomic mass is 10.2. The van der Waals surface area contributed by atoms with Gasteiger partial charge in [-0.05, 0) is 55.0 Å². The summed E-state index contributed by atoms with van der Waals surface area (Å²) in [6.45, 7) is 1.74. The van der Waals surface area contributed by atoms with Gasteiger partial charge in [0.25, 0.3) is 5.91 Å². The molecule has 0 aliphatic carbocycles. The number of allylic oxidation sites excluding steroid dienone is 1. The van der Waals surface area contributed by atoms with Crippen LogP contribution in [0, 0.1) is 6.92 Å². The van der Waals surface area contributed by atoms with E-state index < -0.39 is 0 Å². The van der Waals surface area contributed by atoms with Crippen LogP contribution < -0.4 is 10.2 Å². The normalized spacial score (nSPS) is 11.2. The van der Waals surface area contributed by atoms with Gasteiger partial charge in [0.1, 0.15) is 11.5 Å². The average Bonchev–Trinajstić information content (AvgIpc) is 3.01. The zero-order chi connectivity index (χ0) is 15.8. The number of furan rings is 1. The Bertz CT molecular complexity index is 679. The number of hydrogen-bond acceptors (Lipinski definition) is 4. The Morgan fingerprint density at radius 3 is 3.05 bits per heavy atom. The molecule has 0 saturated carbocycles. The number of amides is 1. The van der Waals surface area contributed by atoms with Crippen molar-refractivity contribution in [1.82, 2.24) is 5.43 Å². The topological polar surface area (TPSA) is 63.8 Å². The van der Waals surface area contributed by atoms with Gasteiger partial charge in [-0.25, -0.2) is 5.43 Å². The molecule has 6 heteroatoms. The van der Waals surface area contributed by atoms with Crippen LogP contribution >= 0.6 is 11.6 Å². The van der Waals surface area contributed by atoms with Crippen LogP contribution in [-0.4, -0.2) is 18.7 Å². The molecule has 2 rings (SSSR count). The number of hydrogen-bond donors (Lipinski definition) is 1. The van der Waals surface area contributed by atoms with Gasteiger partial charge in [-0.2, -0.15) is 5.10 Å². The second-order valence-corrected chi connectivity index (χ2v) is 4.79. The van der Waals surface area contributed by atoms with Crippen LogP contribution in [0.1, 0.15) is 11.3 Å². The second kappa shape index (κ2) is 8.05. The van der Waals surface area contributed by atoms with Gasteiger partial charge in [0, 0.05) is 11.2 Å². The van der Waals surface area contributed by atoms with Gasteiger partial charge in [-0.1, -0.05) is 11.6 Å². The maximum Gasteiger partial charge on any atom is 0.277 e. The number of hydrazone groups is 1. The maximum absolute atomic E-state index is 11.5. The molecule has 0 unspecified atom stereocenters. The van der Waals surface area contributed by atoms with Crippen molar-refractivity contribution >= 4 is 29.8 Å². The molecule has 1 heterocycles. The fourth-order valence-electron chi connectivity index (χ4n) is 1.56. The predicted octanol–water partition coefficient (Wildman–Crippen LogP) is 3.44. The highest BCUT2D eigenvalue weighted by Crippen LogP contribution is 2.20. The number of rotatable bonds is 6. The van der Waals surface area contributed by atoms with E-state index in [-0.39, 0.29) is 12.5 Å². The molecule has 22 heavy (non-hydrogen) atoms. The van der Waals surface area contributed by atoms with Crippen molar-refractivity contribution in [1.29, 1.82) is 0 Å². The lowest BCUT2D eigenvalue weighted by Crippen LogP contribution is -2.24. The summed E-state index contributed by atoms with van der Waals surface area (Å²) < 4.78 is 10.4. The van der Waals surface area contributed by atoms with Crippen LogP contribution in [0.5, 0.6) is 5.75 Å². The van der Waals surface area contributed by atoms with E-state index >= 15 is 0 Å². The first-order chi connectivity index (χ1) is 10.6. The first-order valence-corrected chi connectivity index (χ1v) is 6.94. The fourth-order valence-corrected chi connectivity index (χ4v) is 1.68. The number of benzene rings is 1. The van der Waals surface area contributed by atoms with E-state index in [0.717, 1.165) is 5.56 Å². The molecule has 0 fully saturated rings. The summed E-state index contributed by atoms with van der Waals surface area (Å²) in [6, 6.07) is 8.80. The van der Waals surface area contributed by atoms with Crippen LogP contribution in [0.2, 0.25) is 5.02 Å². The maximum atomic E-state index is 11.5. The molecule has 0 aliphatic heterocycles. The molecule has 0 spiro atoms. The molecule has 0 bridgehead atoms. The van der Waals surface area contributed by atoms with Crippen LogP contribution in [0.25, 0.3) is 6.08 Å². The highest BCUT2D eigenvalue weighted by Gasteiger charge is 2.02. The number of ether oxygens (including phenoxy) is 1. The lowest BCUT2D eigenvalue weighted by molar-refractivity contribution is -0.123. The molecule has 2 aromatic rings. The summed E-state index contributed by atoms with van der Waals surface area (Å²) >= 11 is 5.91. The Kier molecular flexibility index (Phi) is 5.80. The van der Waals surface area contributed by atoms with Crippen LogP contribution in [-0.2, 0) is 4.79 Å². The summed E-state index contributed by atoms with van der Waals surface area (Å²) in [5.74, 6) is 0.938. The van der Waals surface area contributed by atoms with E-state index in [1.165, 1.54) is 6.21 Å². The Morgan fingerprint density at radius 2 is 2.32 bits per heavy atom. The Labute approximate surface area is 133 Å². The summed E-state index contributed by atoms with van der Waals surface area (Å²) in [5.41, 5.74) is 3.25. The smallest absolute Gasteiger partial charge is 0.277 e. The Balaban J connectivity index is 1.72. The second-order valence-electron chi connectivity index (χ2n) is 4.39. The minimum Gasteiger partial charge on any atom is -0.484 e. The quantitative estimate of drug-likeness (QED) is 0.655. The van der Waals surface area contributed by atoms with E-state index in [9.17, 15) is 4.79 Å². The fraction of sp³-hybridized carbons (Fsp3) is 0.125. The van der Waals surface area contributed by atoms with Gasteiger partial charge in [-0.15, -0.1) is 0 Å². The predicted molar refractivity (Wildman–Crippen MR) is 86.1 cm³/mol. The Hall–Kier alpha value is -2.53. The van der Waals surface area contributed by atoms with Crippen molar-refractivity contribution in [2.24, 2.45) is 5.10 Å². The van der Waals surface area contributed by atoms with Crippen molar-refractivity contribution in [2.45, 2.75) is 6.92 Å². The molecule has 5 nitrogen and oxygen atoms in total. The van der Waals surface area contributed by atoms with Crippen molar-refractivity contribution in [3.05, 3.63) is 59.0 Å². The highest BCUT2D eigenvalue weighted by molar-refractivity contribution is 6.31. The van der Waals surface area contributed by atoms with Crippen molar-refractivity contribution < 1.29 is 13.9 Å². The molecular formula is C16H15ClN2O3. The van der Waals surface area contributed by atoms with Gasteiger partial charge >= 0.3 is 0 Å². The molecule has 1 N–H and O–H groups in total. The van der Waals surface area contributed by atoms with E-state index in [4.69, 9.17) is 20.8 Å². The number of nitrogens with zero attached hydrogens (tertiary/aromatic N) is 1. The summed E-state index contributed by atoms with van der Waals surface area (Å²) in [5, 5.41) is 4.42. The molecule has 0 radical (unpaired) electrons. The molecular weight excluding hydrogens is 304 g/mol. The zero-order valence-electron chi connectivity index (χ0n) is 12.0. The van der Waals surface area contributed by atoms with E-state index in [1.54, 1.807) is 42.7 Å². The zero-order valence-corrected chi connectivity index (χ0v) is 12.7. The highest BCUT2D eigenvalue weighted by atomic mass is 35.5. The van der Waals surface area contributed by atoms with Crippen molar-refractivity contribution in [3.8, 4) is 5.75 Å². The first-order valence-electron chi connectivity index (χ1n) is 6.56. The van der Waals surface area contributed by atoms with E-state index in [1.807, 2.05) is 13.0 Å². The number of nitrogens with one attached hydrogen (secondary N) is 1. The van der Waals surface area contributed by atoms with Crippen LogP contribution in [0.4, 0.5) is 0 Å². The molecule has 1 aromatic carbocycles. The number of aryl methyl sites for hydroxylation is 1. The number of carbonyl (C=O) groups is 1. The molecule has 1 aromatic heterocycles. The SMILES string of the molecule is Cc1cc(OCC(=O)N/N=C/C=C/c2ccco2)ccc1Cl. The van der Waals surface area contributed by atoms with Crippen molar-refractivity contribution in [3.63, 3.8) is 0 Å². The van der Waals surface area contributed by atoms with Crippen LogP contribution in [0.3, 0.4) is 0 Å². The van der Waals surface area contributed by atoms with Gasteiger partial charge in [0.2, 0.25) is 0 Å². The van der Waals surface area contributed by atoms with Crippen LogP contribution in [0.15, 0.2) is 52.2 Å². The summed E-state index contributed by atoms with van der Waals surface area (Å²) in [7, 11) is 0. The summed E-state index contributed by atoms with van der Waals surface area (Å²) in [4.78, 5) is 11.5. The van der Waals surface area contributed by atoms with Gasteiger partial charge in [0.15, 0.2) is 6.61 Å².